The monoisotopic (exact) mass is 248 g/mol. The van der Waals surface area contributed by atoms with Gasteiger partial charge in [0.05, 0.1) is 14.2 Å². The fraction of sp³-hybridized carbons (Fsp3) is 0.833. The minimum Gasteiger partial charge on any atom is -0.469 e. The summed E-state index contributed by atoms with van der Waals surface area (Å²) in [6.45, 7) is 4.25. The van der Waals surface area contributed by atoms with E-state index < -0.39 is 0 Å². The number of hydrogen-bond donors (Lipinski definition) is 1. The molecule has 0 atom stereocenters. The first-order valence-electron chi connectivity index (χ1n) is 5.72. The minimum atomic E-state index is -0.236. The smallest absolute Gasteiger partial charge is 0.305 e. The van der Waals surface area contributed by atoms with E-state index in [0.29, 0.717) is 38.2 Å². The van der Waals surface area contributed by atoms with Gasteiger partial charge in [-0.15, -0.1) is 0 Å². The third-order valence-electron chi connectivity index (χ3n) is 1.83. The molecule has 5 nitrogen and oxygen atoms in total. The van der Waals surface area contributed by atoms with E-state index in [0.717, 1.165) is 0 Å². The fourth-order valence-corrected chi connectivity index (χ4v) is 0.743. The highest BCUT2D eigenvalue weighted by Gasteiger charge is 2.02. The van der Waals surface area contributed by atoms with Crippen molar-refractivity contribution in [3.8, 4) is 0 Å². The zero-order valence-electron chi connectivity index (χ0n) is 11.2. The molecule has 0 amide bonds. The molecular formula is C12H24O5. The summed E-state index contributed by atoms with van der Waals surface area (Å²) in [5.41, 5.74) is 0. The van der Waals surface area contributed by atoms with E-state index in [4.69, 9.17) is 5.11 Å². The van der Waals surface area contributed by atoms with Crippen molar-refractivity contribution in [2.24, 2.45) is 5.92 Å². The van der Waals surface area contributed by atoms with Crippen LogP contribution >= 0.6 is 0 Å². The number of aliphatic hydroxyl groups is 1. The molecule has 102 valence electrons. The lowest BCUT2D eigenvalue weighted by atomic mass is 10.2. The zero-order chi connectivity index (χ0) is 13.7. The van der Waals surface area contributed by atoms with E-state index in [2.05, 4.69) is 9.47 Å². The maximum absolute atomic E-state index is 10.6. The molecule has 0 rings (SSSR count). The molecule has 17 heavy (non-hydrogen) atoms. The number of carbonyl (C=O) groups excluding carboxylic acids is 2. The maximum Gasteiger partial charge on any atom is 0.305 e. The average molecular weight is 248 g/mol. The lowest BCUT2D eigenvalue weighted by molar-refractivity contribution is -0.142. The van der Waals surface area contributed by atoms with Crippen LogP contribution in [0, 0.1) is 5.92 Å². The summed E-state index contributed by atoms with van der Waals surface area (Å²) in [4.78, 5) is 21.2. The number of esters is 2. The van der Waals surface area contributed by atoms with Gasteiger partial charge in [-0.25, -0.2) is 0 Å². The molecule has 0 aliphatic heterocycles. The van der Waals surface area contributed by atoms with E-state index in [9.17, 15) is 9.59 Å². The van der Waals surface area contributed by atoms with E-state index in [1.165, 1.54) is 14.2 Å². The zero-order valence-corrected chi connectivity index (χ0v) is 11.2. The van der Waals surface area contributed by atoms with E-state index >= 15 is 0 Å². The van der Waals surface area contributed by atoms with Crippen LogP contribution in [-0.2, 0) is 19.1 Å². The predicted octanol–water partition coefficient (Wildman–Crippen LogP) is 1.53. The number of rotatable bonds is 6. The molecule has 0 bridgehead atoms. The lowest BCUT2D eigenvalue weighted by Crippen LogP contribution is -2.02. The second-order valence-corrected chi connectivity index (χ2v) is 3.94. The first-order chi connectivity index (χ1) is 7.97. The van der Waals surface area contributed by atoms with Crippen molar-refractivity contribution in [3.05, 3.63) is 0 Å². The Bertz CT molecular complexity index is 183. The van der Waals surface area contributed by atoms with Crippen LogP contribution in [-0.4, -0.2) is 37.9 Å². The van der Waals surface area contributed by atoms with Gasteiger partial charge in [0.25, 0.3) is 0 Å². The highest BCUT2D eigenvalue weighted by Crippen LogP contribution is 2.01. The Balaban J connectivity index is 0. The highest BCUT2D eigenvalue weighted by atomic mass is 16.5. The Labute approximate surface area is 103 Å². The normalized spacial score (nSPS) is 9.29. The second-order valence-electron chi connectivity index (χ2n) is 3.94. The summed E-state index contributed by atoms with van der Waals surface area (Å²) in [6, 6.07) is 0. The largest absolute Gasteiger partial charge is 0.469 e. The minimum absolute atomic E-state index is 0.236. The van der Waals surface area contributed by atoms with Crippen LogP contribution in [0.2, 0.25) is 0 Å². The average Bonchev–Trinajstić information content (AvgIpc) is 2.34. The fourth-order valence-electron chi connectivity index (χ4n) is 0.743. The van der Waals surface area contributed by atoms with Gasteiger partial charge in [-0.1, -0.05) is 13.8 Å². The molecule has 0 spiro atoms. The first-order valence-corrected chi connectivity index (χ1v) is 5.72. The number of unbranched alkanes of at least 4 members (excludes halogenated alkanes) is 1. The molecule has 0 heterocycles. The molecule has 0 unspecified atom stereocenters. The lowest BCUT2D eigenvalue weighted by Gasteiger charge is -1.98. The molecule has 0 aromatic carbocycles. The van der Waals surface area contributed by atoms with Crippen LogP contribution in [0.3, 0.4) is 0 Å². The molecule has 0 aromatic heterocycles. The standard InChI is InChI=1S/C8H14O4.C4H10O/c1-11-7(9)5-3-4-6-8(10)12-2;1-4(2)3-5/h3-6H2,1-2H3;4-5H,3H2,1-2H3. The van der Waals surface area contributed by atoms with Crippen molar-refractivity contribution in [2.75, 3.05) is 20.8 Å². The quantitative estimate of drug-likeness (QED) is 0.570. The summed E-state index contributed by atoms with van der Waals surface area (Å²) in [5.74, 6) is -0.0327. The van der Waals surface area contributed by atoms with Gasteiger partial charge in [-0.2, -0.15) is 0 Å². The summed E-state index contributed by atoms with van der Waals surface area (Å²) in [7, 11) is 2.70. The number of hydrogen-bond acceptors (Lipinski definition) is 5. The molecule has 0 saturated heterocycles. The van der Waals surface area contributed by atoms with Crippen LogP contribution in [0.5, 0.6) is 0 Å². The Hall–Kier alpha value is -1.10. The maximum atomic E-state index is 10.6. The summed E-state index contributed by atoms with van der Waals surface area (Å²) in [6.07, 6.45) is 2.07. The Morgan fingerprint density at radius 2 is 1.29 bits per heavy atom. The topological polar surface area (TPSA) is 72.8 Å². The van der Waals surface area contributed by atoms with E-state index in [-0.39, 0.29) is 11.9 Å². The Morgan fingerprint density at radius 1 is 1.00 bits per heavy atom. The first kappa shape index (κ1) is 18.3. The third-order valence-corrected chi connectivity index (χ3v) is 1.83. The van der Waals surface area contributed by atoms with Crippen LogP contribution < -0.4 is 0 Å². The number of methoxy groups -OCH3 is 2. The van der Waals surface area contributed by atoms with Crippen molar-refractivity contribution >= 4 is 11.9 Å². The Kier molecular flexibility index (Phi) is 13.9. The van der Waals surface area contributed by atoms with Crippen molar-refractivity contribution in [2.45, 2.75) is 39.5 Å². The van der Waals surface area contributed by atoms with E-state index in [1.54, 1.807) is 0 Å². The van der Waals surface area contributed by atoms with Gasteiger partial charge in [-0.3, -0.25) is 9.59 Å². The number of ether oxygens (including phenoxy) is 2. The SMILES string of the molecule is CC(C)CO.COC(=O)CCCCC(=O)OC. The van der Waals surface area contributed by atoms with Gasteiger partial charge in [0, 0.05) is 19.4 Å². The molecular weight excluding hydrogens is 224 g/mol. The molecule has 0 saturated carbocycles. The van der Waals surface area contributed by atoms with Crippen molar-refractivity contribution in [1.82, 2.24) is 0 Å². The molecule has 0 aliphatic rings. The molecule has 0 aliphatic carbocycles. The summed E-state index contributed by atoms with van der Waals surface area (Å²) < 4.78 is 8.86. The van der Waals surface area contributed by atoms with Gasteiger partial charge in [0.15, 0.2) is 0 Å². The molecule has 0 aromatic rings. The molecule has 1 N–H and O–H groups in total. The van der Waals surface area contributed by atoms with Crippen molar-refractivity contribution < 1.29 is 24.2 Å². The van der Waals surface area contributed by atoms with Crippen LogP contribution in [0.25, 0.3) is 0 Å². The molecule has 0 fully saturated rings. The number of carbonyl (C=O) groups is 2. The number of aliphatic hydroxyl groups excluding tert-OH is 1. The van der Waals surface area contributed by atoms with Gasteiger partial charge in [-0.05, 0) is 18.8 Å². The van der Waals surface area contributed by atoms with Crippen LogP contribution in [0.4, 0.5) is 0 Å². The van der Waals surface area contributed by atoms with E-state index in [1.807, 2.05) is 13.8 Å². The molecule has 5 heteroatoms. The summed E-state index contributed by atoms with van der Waals surface area (Å²) >= 11 is 0. The van der Waals surface area contributed by atoms with Gasteiger partial charge >= 0.3 is 11.9 Å². The van der Waals surface area contributed by atoms with Crippen LogP contribution in [0.1, 0.15) is 39.5 Å². The highest BCUT2D eigenvalue weighted by molar-refractivity contribution is 5.70. The third kappa shape index (κ3) is 17.5. The predicted molar refractivity (Wildman–Crippen MR) is 64.4 cm³/mol. The van der Waals surface area contributed by atoms with Gasteiger partial charge in [0.1, 0.15) is 0 Å². The Morgan fingerprint density at radius 3 is 1.47 bits per heavy atom. The second kappa shape index (κ2) is 13.0. The van der Waals surface area contributed by atoms with Crippen LogP contribution in [0.15, 0.2) is 0 Å². The molecule has 0 radical (unpaired) electrons. The summed E-state index contributed by atoms with van der Waals surface area (Å²) in [5, 5.41) is 8.14. The van der Waals surface area contributed by atoms with Gasteiger partial charge < -0.3 is 14.6 Å². The van der Waals surface area contributed by atoms with Crippen molar-refractivity contribution in [3.63, 3.8) is 0 Å². The van der Waals surface area contributed by atoms with Gasteiger partial charge in [0.2, 0.25) is 0 Å². The van der Waals surface area contributed by atoms with Crippen molar-refractivity contribution in [1.29, 1.82) is 0 Å².